The number of nitrogens with zero attached hydrogens (tertiary/aromatic N) is 5. The molecule has 9 aromatic rings. The molecule has 47 heavy (non-hydrogen) atoms. The standard InChI is InChI=1S/C41H25N5S/c1-3-11-26(12-4-1)28-16-9-17-30(21-28)40-44-39(27-13-5-2-6-14-27)45-41(46-40)31-22-29-15-7-8-18-32(29)35(23-31)33-19-10-20-34-37-36(47-38(33)34)24-42-25-43-37/h1-25H. The Balaban J connectivity index is 1.27. The van der Waals surface area contributed by atoms with Gasteiger partial charge in [-0.25, -0.2) is 24.9 Å². The molecule has 0 fully saturated rings. The first-order valence-electron chi connectivity index (χ1n) is 15.4. The van der Waals surface area contributed by atoms with Crippen molar-refractivity contribution in [1.82, 2.24) is 24.9 Å². The molecule has 6 aromatic carbocycles. The van der Waals surface area contributed by atoms with Crippen LogP contribution in [-0.2, 0) is 0 Å². The number of benzene rings is 6. The Bertz CT molecular complexity index is 2580. The number of fused-ring (bicyclic) bond motifs is 4. The molecule has 220 valence electrons. The van der Waals surface area contributed by atoms with Gasteiger partial charge < -0.3 is 0 Å². The summed E-state index contributed by atoms with van der Waals surface area (Å²) in [4.78, 5) is 24.1. The first kappa shape index (κ1) is 27.2. The van der Waals surface area contributed by atoms with E-state index >= 15 is 0 Å². The Morgan fingerprint density at radius 1 is 0.447 bits per heavy atom. The maximum atomic E-state index is 5.13. The summed E-state index contributed by atoms with van der Waals surface area (Å²) in [6.45, 7) is 0. The fourth-order valence-corrected chi connectivity index (χ4v) is 7.39. The highest BCUT2D eigenvalue weighted by Crippen LogP contribution is 2.42. The van der Waals surface area contributed by atoms with Gasteiger partial charge >= 0.3 is 0 Å². The van der Waals surface area contributed by atoms with E-state index in [1.54, 1.807) is 17.7 Å². The van der Waals surface area contributed by atoms with Gasteiger partial charge in [0.15, 0.2) is 17.5 Å². The lowest BCUT2D eigenvalue weighted by Gasteiger charge is -2.13. The molecule has 0 bridgehead atoms. The van der Waals surface area contributed by atoms with Gasteiger partial charge in [-0.2, -0.15) is 0 Å². The van der Waals surface area contributed by atoms with E-state index in [2.05, 4.69) is 113 Å². The molecular formula is C41H25N5S. The molecule has 3 heterocycles. The summed E-state index contributed by atoms with van der Waals surface area (Å²) in [6.07, 6.45) is 3.52. The molecule has 0 aliphatic rings. The van der Waals surface area contributed by atoms with Crippen LogP contribution in [-0.4, -0.2) is 24.9 Å². The van der Waals surface area contributed by atoms with Gasteiger partial charge in [0.05, 0.1) is 10.2 Å². The van der Waals surface area contributed by atoms with Crippen LogP contribution in [0.2, 0.25) is 0 Å². The normalized spacial score (nSPS) is 11.4. The van der Waals surface area contributed by atoms with Crippen molar-refractivity contribution in [3.05, 3.63) is 152 Å². The van der Waals surface area contributed by atoms with Crippen LogP contribution < -0.4 is 0 Å². The van der Waals surface area contributed by atoms with Gasteiger partial charge in [0.1, 0.15) is 6.33 Å². The third kappa shape index (κ3) is 4.92. The quantitative estimate of drug-likeness (QED) is 0.192. The summed E-state index contributed by atoms with van der Waals surface area (Å²) >= 11 is 1.73. The maximum absolute atomic E-state index is 5.13. The predicted octanol–water partition coefficient (Wildman–Crippen LogP) is 10.5. The minimum absolute atomic E-state index is 0.625. The average Bonchev–Trinajstić information content (AvgIpc) is 3.54. The Hall–Kier alpha value is -6.11. The molecule has 0 N–H and O–H groups in total. The van der Waals surface area contributed by atoms with E-state index in [0.29, 0.717) is 17.5 Å². The molecule has 0 saturated heterocycles. The number of thiophene rings is 1. The maximum Gasteiger partial charge on any atom is 0.164 e. The molecule has 0 saturated carbocycles. The molecule has 0 amide bonds. The molecular weight excluding hydrogens is 595 g/mol. The van der Waals surface area contributed by atoms with Crippen LogP contribution in [0, 0.1) is 0 Å². The largest absolute Gasteiger partial charge is 0.243 e. The van der Waals surface area contributed by atoms with Crippen molar-refractivity contribution in [3.8, 4) is 56.4 Å². The lowest BCUT2D eigenvalue weighted by atomic mass is 9.94. The second kappa shape index (κ2) is 11.4. The molecule has 0 aliphatic heterocycles. The van der Waals surface area contributed by atoms with Crippen molar-refractivity contribution in [2.75, 3.05) is 0 Å². The van der Waals surface area contributed by atoms with Crippen molar-refractivity contribution >= 4 is 42.4 Å². The number of hydrogen-bond donors (Lipinski definition) is 0. The predicted molar refractivity (Wildman–Crippen MR) is 193 cm³/mol. The number of hydrogen-bond acceptors (Lipinski definition) is 6. The van der Waals surface area contributed by atoms with Gasteiger partial charge in [-0.05, 0) is 45.7 Å². The minimum Gasteiger partial charge on any atom is -0.243 e. The topological polar surface area (TPSA) is 64.5 Å². The van der Waals surface area contributed by atoms with Crippen LogP contribution in [0.15, 0.2) is 152 Å². The highest BCUT2D eigenvalue weighted by molar-refractivity contribution is 7.26. The Kier molecular flexibility index (Phi) is 6.58. The van der Waals surface area contributed by atoms with Crippen LogP contribution >= 0.6 is 11.3 Å². The summed E-state index contributed by atoms with van der Waals surface area (Å²) in [5, 5.41) is 3.42. The first-order valence-corrected chi connectivity index (χ1v) is 16.2. The molecule has 0 aliphatic carbocycles. The Morgan fingerprint density at radius 3 is 1.91 bits per heavy atom. The molecule has 6 heteroatoms. The summed E-state index contributed by atoms with van der Waals surface area (Å²) in [5.74, 6) is 1.89. The van der Waals surface area contributed by atoms with Crippen LogP contribution in [0.5, 0.6) is 0 Å². The summed E-state index contributed by atoms with van der Waals surface area (Å²) in [5.41, 5.74) is 8.31. The lowest BCUT2D eigenvalue weighted by Crippen LogP contribution is -2.00. The third-order valence-electron chi connectivity index (χ3n) is 8.47. The monoisotopic (exact) mass is 619 g/mol. The zero-order valence-electron chi connectivity index (χ0n) is 25.1. The molecule has 0 unspecified atom stereocenters. The van der Waals surface area contributed by atoms with Crippen molar-refractivity contribution in [3.63, 3.8) is 0 Å². The molecule has 0 radical (unpaired) electrons. The van der Waals surface area contributed by atoms with E-state index in [9.17, 15) is 0 Å². The molecule has 3 aromatic heterocycles. The van der Waals surface area contributed by atoms with Gasteiger partial charge in [-0.15, -0.1) is 11.3 Å². The number of aromatic nitrogens is 5. The molecule has 0 spiro atoms. The van der Waals surface area contributed by atoms with E-state index in [4.69, 9.17) is 15.0 Å². The summed E-state index contributed by atoms with van der Waals surface area (Å²) < 4.78 is 2.26. The van der Waals surface area contributed by atoms with Crippen molar-refractivity contribution in [2.45, 2.75) is 0 Å². The van der Waals surface area contributed by atoms with Crippen molar-refractivity contribution < 1.29 is 0 Å². The Morgan fingerprint density at radius 2 is 1.09 bits per heavy atom. The van der Waals surface area contributed by atoms with Gasteiger partial charge in [0, 0.05) is 38.5 Å². The van der Waals surface area contributed by atoms with Gasteiger partial charge in [0.25, 0.3) is 0 Å². The lowest BCUT2D eigenvalue weighted by molar-refractivity contribution is 1.07. The second-order valence-corrected chi connectivity index (χ2v) is 12.4. The average molecular weight is 620 g/mol. The van der Waals surface area contributed by atoms with E-state index in [1.807, 2.05) is 42.6 Å². The van der Waals surface area contributed by atoms with E-state index < -0.39 is 0 Å². The number of rotatable bonds is 5. The minimum atomic E-state index is 0.625. The summed E-state index contributed by atoms with van der Waals surface area (Å²) in [7, 11) is 0. The smallest absolute Gasteiger partial charge is 0.164 e. The van der Waals surface area contributed by atoms with Gasteiger partial charge in [-0.1, -0.05) is 121 Å². The fourth-order valence-electron chi connectivity index (χ4n) is 6.23. The molecule has 0 atom stereocenters. The Labute approximate surface area is 275 Å². The van der Waals surface area contributed by atoms with E-state index in [0.717, 1.165) is 59.9 Å². The van der Waals surface area contributed by atoms with Gasteiger partial charge in [-0.3, -0.25) is 0 Å². The second-order valence-electron chi connectivity index (χ2n) is 11.4. The van der Waals surface area contributed by atoms with Crippen molar-refractivity contribution in [1.29, 1.82) is 0 Å². The van der Waals surface area contributed by atoms with E-state index in [-0.39, 0.29) is 0 Å². The highest BCUT2D eigenvalue weighted by atomic mass is 32.1. The SMILES string of the molecule is c1ccc(-c2cccc(-c3nc(-c4ccccc4)nc(-c4cc(-c5cccc6c5sc5cncnc56)c5ccccc5c4)n3)c2)cc1. The third-order valence-corrected chi connectivity index (χ3v) is 9.63. The summed E-state index contributed by atoms with van der Waals surface area (Å²) in [6, 6.07) is 48.3. The highest BCUT2D eigenvalue weighted by Gasteiger charge is 2.18. The van der Waals surface area contributed by atoms with Crippen LogP contribution in [0.25, 0.3) is 87.5 Å². The van der Waals surface area contributed by atoms with Crippen LogP contribution in [0.1, 0.15) is 0 Å². The fraction of sp³-hybridized carbons (Fsp3) is 0. The van der Waals surface area contributed by atoms with Crippen LogP contribution in [0.3, 0.4) is 0 Å². The zero-order valence-corrected chi connectivity index (χ0v) is 25.9. The zero-order chi connectivity index (χ0) is 31.2. The first-order chi connectivity index (χ1) is 23.3. The van der Waals surface area contributed by atoms with Crippen molar-refractivity contribution in [2.24, 2.45) is 0 Å². The van der Waals surface area contributed by atoms with E-state index in [1.165, 1.54) is 10.1 Å². The van der Waals surface area contributed by atoms with Crippen LogP contribution in [0.4, 0.5) is 0 Å². The molecule has 5 nitrogen and oxygen atoms in total. The molecule has 9 rings (SSSR count). The van der Waals surface area contributed by atoms with Gasteiger partial charge in [0.2, 0.25) is 0 Å².